The topological polar surface area (TPSA) is 64.1 Å². The number of carbonyl (C=O) groups excluding carboxylic acids is 1. The van der Waals surface area contributed by atoms with E-state index in [4.69, 9.17) is 5.11 Å². The van der Waals surface area contributed by atoms with Crippen molar-refractivity contribution in [2.24, 2.45) is 0 Å². The van der Waals surface area contributed by atoms with Crippen LogP contribution in [0.2, 0.25) is 0 Å². The average molecular weight is 257 g/mol. The molecule has 2 amide bonds. The van der Waals surface area contributed by atoms with E-state index in [0.29, 0.717) is 31.7 Å². The molecule has 18 heavy (non-hydrogen) atoms. The van der Waals surface area contributed by atoms with Gasteiger partial charge in [0.15, 0.2) is 0 Å². The summed E-state index contributed by atoms with van der Waals surface area (Å²) in [6.07, 6.45) is 0. The van der Waals surface area contributed by atoms with Gasteiger partial charge in [0.2, 0.25) is 0 Å². The molecule has 1 fully saturated rings. The van der Waals surface area contributed by atoms with Gasteiger partial charge in [-0.1, -0.05) is 0 Å². The predicted molar refractivity (Wildman–Crippen MR) is 68.5 cm³/mol. The Labute approximate surface area is 108 Å². The number of amides is 2. The van der Waals surface area contributed by atoms with Crippen LogP contribution < -0.4 is 0 Å². The lowest BCUT2D eigenvalue weighted by molar-refractivity contribution is -0.137. The van der Waals surface area contributed by atoms with Crippen molar-refractivity contribution in [3.8, 4) is 0 Å². The van der Waals surface area contributed by atoms with Gasteiger partial charge < -0.3 is 14.9 Å². The van der Waals surface area contributed by atoms with E-state index in [9.17, 15) is 9.59 Å². The van der Waals surface area contributed by atoms with E-state index < -0.39 is 5.97 Å². The Morgan fingerprint density at radius 2 is 1.78 bits per heavy atom. The molecule has 6 nitrogen and oxygen atoms in total. The first-order valence-corrected chi connectivity index (χ1v) is 6.34. The minimum Gasteiger partial charge on any atom is -0.480 e. The Bertz CT molecular complexity index is 310. The summed E-state index contributed by atoms with van der Waals surface area (Å²) in [5.74, 6) is -0.972. The molecular weight excluding hydrogens is 234 g/mol. The van der Waals surface area contributed by atoms with E-state index in [0.717, 1.165) is 0 Å². The van der Waals surface area contributed by atoms with Gasteiger partial charge in [-0.05, 0) is 27.8 Å². The Morgan fingerprint density at radius 1 is 1.28 bits per heavy atom. The second-order valence-electron chi connectivity index (χ2n) is 4.96. The van der Waals surface area contributed by atoms with Crippen molar-refractivity contribution < 1.29 is 14.7 Å². The monoisotopic (exact) mass is 257 g/mol. The zero-order valence-electron chi connectivity index (χ0n) is 11.6. The highest BCUT2D eigenvalue weighted by Gasteiger charge is 2.31. The first-order chi connectivity index (χ1) is 8.36. The minimum absolute atomic E-state index is 0.174. The smallest absolute Gasteiger partial charge is 0.323 e. The molecule has 0 saturated carbocycles. The number of carbonyl (C=O) groups is 2. The number of nitrogens with zero attached hydrogens (tertiary/aromatic N) is 3. The highest BCUT2D eigenvalue weighted by molar-refractivity contribution is 5.80. The van der Waals surface area contributed by atoms with Gasteiger partial charge >= 0.3 is 12.0 Å². The van der Waals surface area contributed by atoms with Crippen LogP contribution in [0.25, 0.3) is 0 Å². The molecule has 1 rings (SSSR count). The van der Waals surface area contributed by atoms with Crippen LogP contribution in [0.3, 0.4) is 0 Å². The number of hydrogen-bond acceptors (Lipinski definition) is 3. The van der Waals surface area contributed by atoms with Crippen LogP contribution in [0.1, 0.15) is 20.8 Å². The SMILES string of the molecule is CCN(CC(=O)O)C(=O)N1CC(C)N(C)C(C)C1. The van der Waals surface area contributed by atoms with E-state index in [1.807, 2.05) is 7.05 Å². The molecule has 2 atom stereocenters. The molecule has 0 bridgehead atoms. The lowest BCUT2D eigenvalue weighted by Crippen LogP contribution is -2.59. The fourth-order valence-corrected chi connectivity index (χ4v) is 2.24. The van der Waals surface area contributed by atoms with E-state index in [-0.39, 0.29) is 12.6 Å². The van der Waals surface area contributed by atoms with Gasteiger partial charge in [0, 0.05) is 31.7 Å². The molecule has 1 aliphatic rings. The first-order valence-electron chi connectivity index (χ1n) is 6.34. The number of piperazine rings is 1. The van der Waals surface area contributed by atoms with Crippen LogP contribution >= 0.6 is 0 Å². The maximum atomic E-state index is 12.2. The maximum Gasteiger partial charge on any atom is 0.323 e. The summed E-state index contributed by atoms with van der Waals surface area (Å²) in [7, 11) is 2.05. The summed E-state index contributed by atoms with van der Waals surface area (Å²) in [5, 5.41) is 8.79. The minimum atomic E-state index is -0.972. The molecule has 6 heteroatoms. The van der Waals surface area contributed by atoms with Crippen molar-refractivity contribution >= 4 is 12.0 Å². The summed E-state index contributed by atoms with van der Waals surface area (Å²) >= 11 is 0. The molecule has 0 radical (unpaired) electrons. The Morgan fingerprint density at radius 3 is 2.17 bits per heavy atom. The molecule has 0 spiro atoms. The van der Waals surface area contributed by atoms with Crippen LogP contribution in [0.4, 0.5) is 4.79 Å². The van der Waals surface area contributed by atoms with Gasteiger partial charge in [-0.3, -0.25) is 9.69 Å². The van der Waals surface area contributed by atoms with Crippen molar-refractivity contribution in [2.75, 3.05) is 33.2 Å². The highest BCUT2D eigenvalue weighted by atomic mass is 16.4. The van der Waals surface area contributed by atoms with Gasteiger partial charge in [0.1, 0.15) is 6.54 Å². The molecule has 2 unspecified atom stereocenters. The van der Waals surface area contributed by atoms with Crippen LogP contribution in [0.15, 0.2) is 0 Å². The third kappa shape index (κ3) is 3.35. The predicted octanol–water partition coefficient (Wildman–Crippen LogP) is 0.537. The van der Waals surface area contributed by atoms with Gasteiger partial charge in [-0.25, -0.2) is 4.79 Å². The van der Waals surface area contributed by atoms with Crippen molar-refractivity contribution in [3.63, 3.8) is 0 Å². The third-order valence-corrected chi connectivity index (χ3v) is 3.61. The first kappa shape index (κ1) is 14.8. The van der Waals surface area contributed by atoms with Crippen LogP contribution in [-0.4, -0.2) is 77.1 Å². The summed E-state index contributed by atoms with van der Waals surface area (Å²) < 4.78 is 0. The van der Waals surface area contributed by atoms with Crippen molar-refractivity contribution in [3.05, 3.63) is 0 Å². The Balaban J connectivity index is 2.68. The lowest BCUT2D eigenvalue weighted by Gasteiger charge is -2.43. The van der Waals surface area contributed by atoms with Crippen molar-refractivity contribution in [1.82, 2.24) is 14.7 Å². The van der Waals surface area contributed by atoms with Gasteiger partial charge in [-0.15, -0.1) is 0 Å². The largest absolute Gasteiger partial charge is 0.480 e. The number of hydrogen-bond donors (Lipinski definition) is 1. The molecule has 1 heterocycles. The fraction of sp³-hybridized carbons (Fsp3) is 0.833. The maximum absolute atomic E-state index is 12.2. The van der Waals surface area contributed by atoms with Crippen LogP contribution in [0.5, 0.6) is 0 Å². The fourth-order valence-electron chi connectivity index (χ4n) is 2.24. The second kappa shape index (κ2) is 6.04. The van der Waals surface area contributed by atoms with Gasteiger partial charge in [0.05, 0.1) is 0 Å². The number of urea groups is 1. The molecule has 1 N–H and O–H groups in total. The summed E-state index contributed by atoms with van der Waals surface area (Å²) in [6, 6.07) is 0.411. The molecule has 104 valence electrons. The highest BCUT2D eigenvalue weighted by Crippen LogP contribution is 2.14. The second-order valence-corrected chi connectivity index (χ2v) is 4.96. The van der Waals surface area contributed by atoms with E-state index in [1.165, 1.54) is 4.90 Å². The Hall–Kier alpha value is -1.30. The molecule has 0 aliphatic carbocycles. The van der Waals surface area contributed by atoms with Crippen molar-refractivity contribution in [1.29, 1.82) is 0 Å². The summed E-state index contributed by atoms with van der Waals surface area (Å²) in [6.45, 7) is 7.42. The zero-order chi connectivity index (χ0) is 13.9. The summed E-state index contributed by atoms with van der Waals surface area (Å²) in [4.78, 5) is 28.3. The zero-order valence-corrected chi connectivity index (χ0v) is 11.6. The molecule has 0 aromatic rings. The van der Waals surface area contributed by atoms with Gasteiger partial charge in [-0.2, -0.15) is 0 Å². The molecular formula is C12H23N3O3. The Kier molecular flexibility index (Phi) is 4.95. The van der Waals surface area contributed by atoms with Crippen LogP contribution in [0, 0.1) is 0 Å². The average Bonchev–Trinajstić information content (AvgIpc) is 2.31. The van der Waals surface area contributed by atoms with E-state index >= 15 is 0 Å². The lowest BCUT2D eigenvalue weighted by atomic mass is 10.1. The van der Waals surface area contributed by atoms with Crippen LogP contribution in [-0.2, 0) is 4.79 Å². The summed E-state index contributed by atoms with van der Waals surface area (Å²) in [5.41, 5.74) is 0. The number of carboxylic acids is 1. The van der Waals surface area contributed by atoms with Gasteiger partial charge in [0.25, 0.3) is 0 Å². The van der Waals surface area contributed by atoms with E-state index in [1.54, 1.807) is 11.8 Å². The van der Waals surface area contributed by atoms with Crippen molar-refractivity contribution in [2.45, 2.75) is 32.9 Å². The molecule has 1 saturated heterocycles. The normalized spacial score (nSPS) is 25.0. The standard InChI is InChI=1S/C12H23N3O3/c1-5-14(8-11(16)17)12(18)15-6-9(2)13(4)10(3)7-15/h9-10H,5-8H2,1-4H3,(H,16,17). The number of rotatable bonds is 3. The number of carboxylic acid groups (broad SMARTS) is 1. The number of aliphatic carboxylic acids is 1. The molecule has 1 aliphatic heterocycles. The number of likely N-dealkylation sites (N-methyl/N-ethyl adjacent to an activating group) is 2. The van der Waals surface area contributed by atoms with E-state index in [2.05, 4.69) is 18.7 Å². The molecule has 0 aromatic heterocycles. The quantitative estimate of drug-likeness (QED) is 0.801. The third-order valence-electron chi connectivity index (χ3n) is 3.61. The molecule has 0 aromatic carbocycles.